The first-order chi connectivity index (χ1) is 26.8. The molecule has 0 heterocycles. The Kier molecular flexibility index (Phi) is 13.3. The second kappa shape index (κ2) is 18.3. The van der Waals surface area contributed by atoms with Crippen LogP contribution in [0, 0.1) is 0 Å². The zero-order chi connectivity index (χ0) is 40.4. The maximum atomic E-state index is 14.2. The second-order valence-electron chi connectivity index (χ2n) is 14.7. The Bertz CT molecular complexity index is 1970. The van der Waals surface area contributed by atoms with Crippen molar-refractivity contribution in [2.24, 2.45) is 0 Å². The fourth-order valence-corrected chi connectivity index (χ4v) is 6.24. The zero-order valence-corrected chi connectivity index (χ0v) is 33.0. The number of anilines is 2. The van der Waals surface area contributed by atoms with E-state index in [1.165, 1.54) is 15.9 Å². The van der Waals surface area contributed by atoms with Crippen LogP contribution in [0.25, 0.3) is 0 Å². The third kappa shape index (κ3) is 10.4. The SMILES string of the molecule is COc1ccc(N(C)C(=O)C(Cc2ccccc2)NC(=O)c2cc(C(=O)N[C@@H](Cc3ccccc3)C(=O)N(C)c3ccc(OC)cc3)cc(C(C)(C)C)c2)cc1. The molecule has 0 aliphatic carbocycles. The van der Waals surface area contributed by atoms with E-state index in [1.807, 2.05) is 81.4 Å². The monoisotopic (exact) mass is 754 g/mol. The molecule has 4 amide bonds. The molecule has 5 aromatic carbocycles. The number of rotatable bonds is 14. The number of benzene rings is 5. The predicted octanol–water partition coefficient (Wildman–Crippen LogP) is 7.01. The summed E-state index contributed by atoms with van der Waals surface area (Å²) in [5.74, 6) is -0.358. The molecule has 1 unspecified atom stereocenters. The third-order valence-electron chi connectivity index (χ3n) is 9.68. The number of nitrogens with zero attached hydrogens (tertiary/aromatic N) is 2. The van der Waals surface area contributed by atoms with Gasteiger partial charge >= 0.3 is 0 Å². The van der Waals surface area contributed by atoms with Gasteiger partial charge in [0.05, 0.1) is 14.2 Å². The van der Waals surface area contributed by atoms with Crippen LogP contribution in [0.3, 0.4) is 0 Å². The summed E-state index contributed by atoms with van der Waals surface area (Å²) in [5.41, 5.74) is 3.70. The molecule has 2 N–H and O–H groups in total. The minimum Gasteiger partial charge on any atom is -0.497 e. The van der Waals surface area contributed by atoms with Gasteiger partial charge in [0.2, 0.25) is 11.8 Å². The quantitative estimate of drug-likeness (QED) is 0.126. The van der Waals surface area contributed by atoms with Crippen LogP contribution in [-0.4, -0.2) is 64.0 Å². The standard InChI is InChI=1S/C46H50N4O6/c1-46(2,3)35-29-33(42(51)47-40(26-31-14-10-8-11-15-31)44(53)49(4)36-18-22-38(55-6)23-19-36)28-34(30-35)43(52)48-41(27-32-16-12-9-13-17-32)45(54)50(5)37-20-24-39(56-7)25-21-37/h8-25,28-30,40-41H,26-27H2,1-7H3,(H,47,51)(H,48,52)/t40-,41?/m0/s1. The van der Waals surface area contributed by atoms with E-state index in [-0.39, 0.29) is 35.8 Å². The van der Waals surface area contributed by atoms with Gasteiger partial charge in [-0.2, -0.15) is 0 Å². The van der Waals surface area contributed by atoms with Gasteiger partial charge in [0.15, 0.2) is 0 Å². The van der Waals surface area contributed by atoms with Gasteiger partial charge in [-0.3, -0.25) is 19.2 Å². The van der Waals surface area contributed by atoms with Crippen molar-refractivity contribution in [1.82, 2.24) is 10.6 Å². The van der Waals surface area contributed by atoms with E-state index in [0.29, 0.717) is 22.9 Å². The van der Waals surface area contributed by atoms with Crippen LogP contribution in [0.1, 0.15) is 58.2 Å². The number of hydrogen-bond donors (Lipinski definition) is 2. The summed E-state index contributed by atoms with van der Waals surface area (Å²) >= 11 is 0. The number of ether oxygens (including phenoxy) is 2. The van der Waals surface area contributed by atoms with Crippen LogP contribution < -0.4 is 29.9 Å². The second-order valence-corrected chi connectivity index (χ2v) is 14.7. The lowest BCUT2D eigenvalue weighted by Crippen LogP contribution is -2.49. The summed E-state index contributed by atoms with van der Waals surface area (Å²) in [6.45, 7) is 5.97. The van der Waals surface area contributed by atoms with Gasteiger partial charge in [-0.1, -0.05) is 81.4 Å². The molecular formula is C46H50N4O6. The fraction of sp³-hybridized carbons (Fsp3) is 0.261. The Morgan fingerprint density at radius 1 is 0.554 bits per heavy atom. The molecule has 2 atom stereocenters. The summed E-state index contributed by atoms with van der Waals surface area (Å²) in [6.07, 6.45) is 0.479. The largest absolute Gasteiger partial charge is 0.497 e. The Hall–Kier alpha value is -6.42. The highest BCUT2D eigenvalue weighted by Crippen LogP contribution is 2.26. The molecule has 0 bridgehead atoms. The van der Waals surface area contributed by atoms with E-state index in [1.54, 1.807) is 89.0 Å². The average Bonchev–Trinajstić information content (AvgIpc) is 3.22. The van der Waals surface area contributed by atoms with E-state index in [0.717, 1.165) is 16.7 Å². The van der Waals surface area contributed by atoms with E-state index < -0.39 is 29.3 Å². The van der Waals surface area contributed by atoms with Crippen molar-refractivity contribution in [2.45, 2.75) is 51.1 Å². The normalized spacial score (nSPS) is 12.1. The van der Waals surface area contributed by atoms with E-state index in [4.69, 9.17) is 9.47 Å². The van der Waals surface area contributed by atoms with E-state index in [9.17, 15) is 19.2 Å². The van der Waals surface area contributed by atoms with Crippen LogP contribution in [-0.2, 0) is 27.8 Å². The first kappa shape index (κ1) is 40.8. The highest BCUT2D eigenvalue weighted by molar-refractivity contribution is 6.05. The first-order valence-electron chi connectivity index (χ1n) is 18.5. The highest BCUT2D eigenvalue weighted by atomic mass is 16.5. The zero-order valence-electron chi connectivity index (χ0n) is 33.0. The smallest absolute Gasteiger partial charge is 0.251 e. The lowest BCUT2D eigenvalue weighted by molar-refractivity contribution is -0.120. The number of nitrogens with one attached hydrogen (secondary N) is 2. The lowest BCUT2D eigenvalue weighted by atomic mass is 9.84. The topological polar surface area (TPSA) is 117 Å². The van der Waals surface area contributed by atoms with Gasteiger partial charge in [0, 0.05) is 49.4 Å². The molecule has 0 fully saturated rings. The van der Waals surface area contributed by atoms with Crippen LogP contribution in [0.4, 0.5) is 11.4 Å². The van der Waals surface area contributed by atoms with E-state index in [2.05, 4.69) is 10.6 Å². The minimum absolute atomic E-state index is 0.210. The first-order valence-corrected chi connectivity index (χ1v) is 18.5. The number of hydrogen-bond acceptors (Lipinski definition) is 6. The molecule has 56 heavy (non-hydrogen) atoms. The van der Waals surface area contributed by atoms with Crippen LogP contribution in [0.5, 0.6) is 11.5 Å². The summed E-state index contributed by atoms with van der Waals surface area (Å²) < 4.78 is 10.6. The number of carbonyl (C=O) groups is 4. The molecule has 0 saturated heterocycles. The third-order valence-corrected chi connectivity index (χ3v) is 9.68. The van der Waals surface area contributed by atoms with Crippen molar-refractivity contribution in [2.75, 3.05) is 38.1 Å². The van der Waals surface area contributed by atoms with Crippen molar-refractivity contribution in [1.29, 1.82) is 0 Å². The molecule has 0 aliphatic heterocycles. The molecule has 0 saturated carbocycles. The molecule has 0 aliphatic rings. The Morgan fingerprint density at radius 3 is 1.23 bits per heavy atom. The Labute approximate surface area is 329 Å². The molecule has 5 aromatic rings. The molecule has 0 spiro atoms. The molecule has 0 aromatic heterocycles. The van der Waals surface area contributed by atoms with Gasteiger partial charge in [0.1, 0.15) is 23.6 Å². The summed E-state index contributed by atoms with van der Waals surface area (Å²) in [4.78, 5) is 59.6. The molecule has 290 valence electrons. The van der Waals surface area contributed by atoms with Crippen molar-refractivity contribution in [3.8, 4) is 11.5 Å². The van der Waals surface area contributed by atoms with Gasteiger partial charge in [-0.25, -0.2) is 0 Å². The van der Waals surface area contributed by atoms with Gasteiger partial charge in [-0.15, -0.1) is 0 Å². The van der Waals surface area contributed by atoms with Gasteiger partial charge < -0.3 is 29.9 Å². The highest BCUT2D eigenvalue weighted by Gasteiger charge is 2.29. The van der Waals surface area contributed by atoms with Crippen molar-refractivity contribution >= 4 is 35.0 Å². The van der Waals surface area contributed by atoms with Crippen molar-refractivity contribution in [3.05, 3.63) is 155 Å². The maximum Gasteiger partial charge on any atom is 0.251 e. The van der Waals surface area contributed by atoms with Crippen LogP contribution in [0.15, 0.2) is 127 Å². The van der Waals surface area contributed by atoms with Crippen LogP contribution in [0.2, 0.25) is 0 Å². The molecule has 0 radical (unpaired) electrons. The van der Waals surface area contributed by atoms with Crippen molar-refractivity contribution in [3.63, 3.8) is 0 Å². The lowest BCUT2D eigenvalue weighted by Gasteiger charge is -2.27. The molecule has 10 heteroatoms. The maximum absolute atomic E-state index is 14.2. The predicted molar refractivity (Wildman–Crippen MR) is 221 cm³/mol. The summed E-state index contributed by atoms with van der Waals surface area (Å²) in [6, 6.07) is 36.2. The Morgan fingerprint density at radius 2 is 0.911 bits per heavy atom. The number of methoxy groups -OCH3 is 2. The van der Waals surface area contributed by atoms with Crippen LogP contribution >= 0.6 is 0 Å². The van der Waals surface area contributed by atoms with E-state index >= 15 is 0 Å². The Balaban J connectivity index is 1.45. The molecule has 5 rings (SSSR count). The minimum atomic E-state index is -0.936. The fourth-order valence-electron chi connectivity index (χ4n) is 6.24. The summed E-state index contributed by atoms with van der Waals surface area (Å²) in [5, 5.41) is 5.95. The molecular weight excluding hydrogens is 705 g/mol. The average molecular weight is 755 g/mol. The van der Waals surface area contributed by atoms with Crippen molar-refractivity contribution < 1.29 is 28.7 Å². The number of likely N-dealkylation sites (N-methyl/N-ethyl adjacent to an activating group) is 2. The van der Waals surface area contributed by atoms with Gasteiger partial charge in [0.25, 0.3) is 11.8 Å². The molecule has 10 nitrogen and oxygen atoms in total. The summed E-state index contributed by atoms with van der Waals surface area (Å²) in [7, 11) is 6.47. The number of amides is 4. The number of carbonyl (C=O) groups excluding carboxylic acids is 4. The van der Waals surface area contributed by atoms with Gasteiger partial charge in [-0.05, 0) is 88.8 Å².